The van der Waals surface area contributed by atoms with Crippen LogP contribution in [0.25, 0.3) is 11.3 Å². The predicted molar refractivity (Wildman–Crippen MR) is 75.4 cm³/mol. The van der Waals surface area contributed by atoms with E-state index in [-0.39, 0.29) is 6.42 Å². The predicted octanol–water partition coefficient (Wildman–Crippen LogP) is 2.23. The summed E-state index contributed by atoms with van der Waals surface area (Å²) in [6, 6.07) is 12.4. The molecule has 0 aliphatic carbocycles. The van der Waals surface area contributed by atoms with Crippen LogP contribution in [0.2, 0.25) is 0 Å². The standard InChI is InChI=1S/C15H16N2O3/c1-20-14-7-3-6-13(17-14)11-5-2-4-10(8-11)12(16)9-15(18)19/h2-8,12H,9,16H2,1H3,(H,18,19)/t12-/m0/s1. The minimum Gasteiger partial charge on any atom is -0.481 e. The second kappa shape index (κ2) is 6.16. The maximum absolute atomic E-state index is 10.7. The number of nitrogens with zero attached hydrogens (tertiary/aromatic N) is 1. The Kier molecular flexibility index (Phi) is 4.32. The first kappa shape index (κ1) is 14.0. The van der Waals surface area contributed by atoms with E-state index in [2.05, 4.69) is 4.98 Å². The van der Waals surface area contributed by atoms with E-state index in [0.29, 0.717) is 5.88 Å². The molecule has 1 heterocycles. The van der Waals surface area contributed by atoms with E-state index >= 15 is 0 Å². The van der Waals surface area contributed by atoms with Crippen molar-refractivity contribution in [2.75, 3.05) is 7.11 Å². The van der Waals surface area contributed by atoms with Gasteiger partial charge in [-0.15, -0.1) is 0 Å². The third-order valence-electron chi connectivity index (χ3n) is 2.94. The molecule has 104 valence electrons. The van der Waals surface area contributed by atoms with Crippen molar-refractivity contribution in [3.05, 3.63) is 48.0 Å². The fourth-order valence-corrected chi connectivity index (χ4v) is 1.92. The SMILES string of the molecule is COc1cccc(-c2cccc([C@@H](N)CC(=O)O)c2)n1. The van der Waals surface area contributed by atoms with Crippen molar-refractivity contribution in [3.63, 3.8) is 0 Å². The molecule has 1 aromatic carbocycles. The highest BCUT2D eigenvalue weighted by molar-refractivity contribution is 5.68. The number of rotatable bonds is 5. The zero-order valence-corrected chi connectivity index (χ0v) is 11.1. The second-order valence-corrected chi connectivity index (χ2v) is 4.40. The Labute approximate surface area is 117 Å². The Morgan fingerprint density at radius 3 is 2.80 bits per heavy atom. The Morgan fingerprint density at radius 1 is 1.35 bits per heavy atom. The normalized spacial score (nSPS) is 11.9. The van der Waals surface area contributed by atoms with Gasteiger partial charge in [-0.05, 0) is 17.7 Å². The molecule has 0 saturated carbocycles. The molecule has 0 unspecified atom stereocenters. The first-order chi connectivity index (χ1) is 9.60. The Bertz CT molecular complexity index is 614. The molecule has 5 nitrogen and oxygen atoms in total. The molecule has 1 atom stereocenters. The summed E-state index contributed by atoms with van der Waals surface area (Å²) in [4.78, 5) is 15.1. The van der Waals surface area contributed by atoms with Gasteiger partial charge in [0.15, 0.2) is 0 Å². The van der Waals surface area contributed by atoms with E-state index < -0.39 is 12.0 Å². The molecule has 0 bridgehead atoms. The first-order valence-corrected chi connectivity index (χ1v) is 6.19. The summed E-state index contributed by atoms with van der Waals surface area (Å²) in [5.41, 5.74) is 8.28. The summed E-state index contributed by atoms with van der Waals surface area (Å²) in [7, 11) is 1.56. The van der Waals surface area contributed by atoms with Gasteiger partial charge < -0.3 is 15.6 Å². The van der Waals surface area contributed by atoms with Crippen LogP contribution in [0.4, 0.5) is 0 Å². The van der Waals surface area contributed by atoms with Crippen LogP contribution in [-0.2, 0) is 4.79 Å². The largest absolute Gasteiger partial charge is 0.481 e. The molecule has 2 rings (SSSR count). The highest BCUT2D eigenvalue weighted by Crippen LogP contribution is 2.23. The average molecular weight is 272 g/mol. The van der Waals surface area contributed by atoms with Crippen molar-refractivity contribution < 1.29 is 14.6 Å². The van der Waals surface area contributed by atoms with Gasteiger partial charge in [0.25, 0.3) is 0 Å². The number of pyridine rings is 1. The van der Waals surface area contributed by atoms with Crippen molar-refractivity contribution >= 4 is 5.97 Å². The molecule has 3 N–H and O–H groups in total. The number of aromatic nitrogens is 1. The van der Waals surface area contributed by atoms with Gasteiger partial charge in [0, 0.05) is 17.7 Å². The van der Waals surface area contributed by atoms with Crippen LogP contribution in [-0.4, -0.2) is 23.2 Å². The van der Waals surface area contributed by atoms with Gasteiger partial charge in [-0.1, -0.05) is 24.3 Å². The lowest BCUT2D eigenvalue weighted by molar-refractivity contribution is -0.137. The van der Waals surface area contributed by atoms with E-state index in [4.69, 9.17) is 15.6 Å². The fourth-order valence-electron chi connectivity index (χ4n) is 1.92. The number of methoxy groups -OCH3 is 1. The second-order valence-electron chi connectivity index (χ2n) is 4.40. The number of hydrogen-bond acceptors (Lipinski definition) is 4. The summed E-state index contributed by atoms with van der Waals surface area (Å²) < 4.78 is 5.09. The molecule has 0 aliphatic rings. The Balaban J connectivity index is 2.31. The van der Waals surface area contributed by atoms with E-state index in [1.54, 1.807) is 13.2 Å². The van der Waals surface area contributed by atoms with Gasteiger partial charge in [-0.3, -0.25) is 4.79 Å². The van der Waals surface area contributed by atoms with Gasteiger partial charge in [0.05, 0.1) is 19.2 Å². The zero-order valence-electron chi connectivity index (χ0n) is 11.1. The number of carboxylic acid groups (broad SMARTS) is 1. The third-order valence-corrected chi connectivity index (χ3v) is 2.94. The van der Waals surface area contributed by atoms with E-state index in [1.165, 1.54) is 0 Å². The average Bonchev–Trinajstić information content (AvgIpc) is 2.47. The van der Waals surface area contributed by atoms with E-state index in [9.17, 15) is 4.79 Å². The summed E-state index contributed by atoms with van der Waals surface area (Å²) >= 11 is 0. The molecule has 2 aromatic rings. The van der Waals surface area contributed by atoms with Gasteiger partial charge in [-0.25, -0.2) is 4.98 Å². The maximum atomic E-state index is 10.7. The molecular formula is C15H16N2O3. The summed E-state index contributed by atoms with van der Waals surface area (Å²) in [6.07, 6.45) is -0.102. The number of hydrogen-bond donors (Lipinski definition) is 2. The van der Waals surface area contributed by atoms with Crippen LogP contribution in [0.3, 0.4) is 0 Å². The third kappa shape index (κ3) is 3.33. The van der Waals surface area contributed by atoms with Crippen LogP contribution in [0.15, 0.2) is 42.5 Å². The van der Waals surface area contributed by atoms with Gasteiger partial charge >= 0.3 is 5.97 Å². The number of nitrogens with two attached hydrogens (primary N) is 1. The van der Waals surface area contributed by atoms with Crippen molar-refractivity contribution in [1.82, 2.24) is 4.98 Å². The number of ether oxygens (including phenoxy) is 1. The quantitative estimate of drug-likeness (QED) is 0.871. The van der Waals surface area contributed by atoms with Crippen LogP contribution in [0.5, 0.6) is 5.88 Å². The minimum atomic E-state index is -0.914. The number of carbonyl (C=O) groups is 1. The maximum Gasteiger partial charge on any atom is 0.305 e. The molecule has 0 spiro atoms. The highest BCUT2D eigenvalue weighted by atomic mass is 16.5. The number of benzene rings is 1. The summed E-state index contributed by atoms with van der Waals surface area (Å²) in [5.74, 6) is -0.384. The smallest absolute Gasteiger partial charge is 0.305 e. The number of aliphatic carboxylic acids is 1. The van der Waals surface area contributed by atoms with Gasteiger partial charge in [0.1, 0.15) is 0 Å². The molecule has 0 aliphatic heterocycles. The van der Waals surface area contributed by atoms with E-state index in [0.717, 1.165) is 16.8 Å². The van der Waals surface area contributed by atoms with Crippen molar-refractivity contribution in [2.24, 2.45) is 5.73 Å². The Hall–Kier alpha value is -2.40. The van der Waals surface area contributed by atoms with Gasteiger partial charge in [0.2, 0.25) is 5.88 Å². The monoisotopic (exact) mass is 272 g/mol. The molecular weight excluding hydrogens is 256 g/mol. The minimum absolute atomic E-state index is 0.102. The van der Waals surface area contributed by atoms with Gasteiger partial charge in [-0.2, -0.15) is 0 Å². The molecule has 0 fully saturated rings. The molecule has 20 heavy (non-hydrogen) atoms. The van der Waals surface area contributed by atoms with Crippen LogP contribution in [0, 0.1) is 0 Å². The van der Waals surface area contributed by atoms with Crippen molar-refractivity contribution in [3.8, 4) is 17.1 Å². The molecule has 0 amide bonds. The van der Waals surface area contributed by atoms with Crippen LogP contribution >= 0.6 is 0 Å². The number of carboxylic acids is 1. The molecule has 1 aromatic heterocycles. The van der Waals surface area contributed by atoms with Crippen molar-refractivity contribution in [2.45, 2.75) is 12.5 Å². The summed E-state index contributed by atoms with van der Waals surface area (Å²) in [5, 5.41) is 8.79. The lowest BCUT2D eigenvalue weighted by atomic mass is 10.0. The summed E-state index contributed by atoms with van der Waals surface area (Å²) in [6.45, 7) is 0. The molecule has 5 heteroatoms. The van der Waals surface area contributed by atoms with E-state index in [1.807, 2.05) is 36.4 Å². The Morgan fingerprint density at radius 2 is 2.10 bits per heavy atom. The lowest BCUT2D eigenvalue weighted by Gasteiger charge is -2.11. The zero-order chi connectivity index (χ0) is 14.5. The molecule has 0 saturated heterocycles. The highest BCUT2D eigenvalue weighted by Gasteiger charge is 2.11. The fraction of sp³-hybridized carbons (Fsp3) is 0.200. The molecule has 0 radical (unpaired) electrons. The first-order valence-electron chi connectivity index (χ1n) is 6.19. The van der Waals surface area contributed by atoms with Crippen molar-refractivity contribution in [1.29, 1.82) is 0 Å². The topological polar surface area (TPSA) is 85.4 Å². The lowest BCUT2D eigenvalue weighted by Crippen LogP contribution is -2.14. The van der Waals surface area contributed by atoms with Crippen LogP contribution < -0.4 is 10.5 Å². The van der Waals surface area contributed by atoms with Crippen LogP contribution in [0.1, 0.15) is 18.0 Å².